The Bertz CT molecular complexity index is 648. The molecule has 1 heterocycles. The van der Waals surface area contributed by atoms with Crippen molar-refractivity contribution in [1.82, 2.24) is 4.72 Å². The average molecular weight is 297 g/mol. The Morgan fingerprint density at radius 2 is 1.95 bits per heavy atom. The summed E-state index contributed by atoms with van der Waals surface area (Å²) in [6.45, 7) is 1.70. The zero-order valence-electron chi connectivity index (χ0n) is 10.5. The van der Waals surface area contributed by atoms with Gasteiger partial charge in [0.25, 0.3) is 0 Å². The number of aliphatic hydroxyl groups is 1. The van der Waals surface area contributed by atoms with E-state index in [1.807, 2.05) is 30.3 Å². The van der Waals surface area contributed by atoms with E-state index in [9.17, 15) is 13.5 Å². The lowest BCUT2D eigenvalue weighted by Crippen LogP contribution is -2.24. The van der Waals surface area contributed by atoms with Crippen molar-refractivity contribution in [1.29, 1.82) is 0 Å². The minimum atomic E-state index is -3.59. The number of aliphatic hydroxyl groups excluding tert-OH is 1. The van der Waals surface area contributed by atoms with Crippen molar-refractivity contribution < 1.29 is 13.5 Å². The zero-order chi connectivity index (χ0) is 13.9. The molecule has 19 heavy (non-hydrogen) atoms. The number of nitrogens with one attached hydrogen (secondary N) is 1. The second-order valence-electron chi connectivity index (χ2n) is 4.14. The molecule has 0 aliphatic carbocycles. The van der Waals surface area contributed by atoms with Crippen LogP contribution < -0.4 is 4.72 Å². The average Bonchev–Trinajstić information content (AvgIpc) is 2.80. The summed E-state index contributed by atoms with van der Waals surface area (Å²) in [6.07, 6.45) is 0. The Hall–Kier alpha value is -1.21. The summed E-state index contributed by atoms with van der Waals surface area (Å²) in [6, 6.07) is 9.31. The van der Waals surface area contributed by atoms with Crippen molar-refractivity contribution in [2.24, 2.45) is 0 Å². The molecule has 6 heteroatoms. The molecule has 0 aliphatic heterocycles. The van der Waals surface area contributed by atoms with E-state index in [4.69, 9.17) is 0 Å². The van der Waals surface area contributed by atoms with Crippen molar-refractivity contribution in [2.75, 3.05) is 0 Å². The molecule has 0 aliphatic rings. The van der Waals surface area contributed by atoms with Crippen LogP contribution in [0, 0.1) is 6.92 Å². The lowest BCUT2D eigenvalue weighted by atomic mass is 10.2. The summed E-state index contributed by atoms with van der Waals surface area (Å²) in [5.74, 6) is 0. The lowest BCUT2D eigenvalue weighted by Gasteiger charge is -2.08. The first-order chi connectivity index (χ1) is 9.04. The fourth-order valence-corrected chi connectivity index (χ4v) is 4.48. The molecule has 1 aromatic heterocycles. The van der Waals surface area contributed by atoms with E-state index in [1.165, 1.54) is 11.3 Å². The van der Waals surface area contributed by atoms with Crippen LogP contribution in [0.3, 0.4) is 0 Å². The Kier molecular flexibility index (Phi) is 4.36. The molecule has 0 saturated carbocycles. The Balaban J connectivity index is 2.21. The molecule has 0 saturated heterocycles. The number of aryl methyl sites for hydroxylation is 1. The largest absolute Gasteiger partial charge is 0.391 e. The highest BCUT2D eigenvalue weighted by atomic mass is 32.2. The minimum Gasteiger partial charge on any atom is -0.391 e. The molecule has 4 nitrogen and oxygen atoms in total. The van der Waals surface area contributed by atoms with E-state index in [2.05, 4.69) is 4.72 Å². The van der Waals surface area contributed by atoms with Gasteiger partial charge in [0.15, 0.2) is 0 Å². The van der Waals surface area contributed by atoms with Crippen molar-refractivity contribution in [3.8, 4) is 0 Å². The Morgan fingerprint density at radius 1 is 1.26 bits per heavy atom. The predicted molar refractivity (Wildman–Crippen MR) is 75.4 cm³/mol. The summed E-state index contributed by atoms with van der Waals surface area (Å²) in [5, 5.41) is 10.9. The SMILES string of the molecule is Cc1csc(CO)c1S(=O)(=O)NCc1ccccc1. The van der Waals surface area contributed by atoms with Crippen LogP contribution in [-0.4, -0.2) is 13.5 Å². The fraction of sp³-hybridized carbons (Fsp3) is 0.231. The van der Waals surface area contributed by atoms with Gasteiger partial charge >= 0.3 is 0 Å². The van der Waals surface area contributed by atoms with Crippen LogP contribution >= 0.6 is 11.3 Å². The van der Waals surface area contributed by atoms with Crippen LogP contribution in [0.2, 0.25) is 0 Å². The molecular formula is C13H15NO3S2. The van der Waals surface area contributed by atoms with Crippen LogP contribution in [0.25, 0.3) is 0 Å². The van der Waals surface area contributed by atoms with E-state index in [-0.39, 0.29) is 18.0 Å². The monoisotopic (exact) mass is 297 g/mol. The van der Waals surface area contributed by atoms with Gasteiger partial charge in [-0.3, -0.25) is 0 Å². The molecule has 1 aromatic carbocycles. The highest BCUT2D eigenvalue weighted by Crippen LogP contribution is 2.26. The first-order valence-corrected chi connectivity index (χ1v) is 8.12. The summed E-state index contributed by atoms with van der Waals surface area (Å²) < 4.78 is 27.1. The van der Waals surface area contributed by atoms with E-state index < -0.39 is 10.0 Å². The van der Waals surface area contributed by atoms with Gasteiger partial charge in [0, 0.05) is 6.54 Å². The van der Waals surface area contributed by atoms with Gasteiger partial charge in [-0.15, -0.1) is 11.3 Å². The molecular weight excluding hydrogens is 282 g/mol. The van der Waals surface area contributed by atoms with Gasteiger partial charge in [-0.2, -0.15) is 0 Å². The van der Waals surface area contributed by atoms with E-state index in [0.29, 0.717) is 10.4 Å². The molecule has 2 rings (SSSR count). The Labute approximate surface area is 116 Å². The summed E-state index contributed by atoms with van der Waals surface area (Å²) >= 11 is 1.26. The topological polar surface area (TPSA) is 66.4 Å². The number of thiophene rings is 1. The van der Waals surface area contributed by atoms with E-state index in [1.54, 1.807) is 12.3 Å². The molecule has 102 valence electrons. The molecule has 0 radical (unpaired) electrons. The third-order valence-corrected chi connectivity index (χ3v) is 5.56. The maximum Gasteiger partial charge on any atom is 0.242 e. The summed E-state index contributed by atoms with van der Waals surface area (Å²) in [5.41, 5.74) is 1.55. The molecule has 0 fully saturated rings. The maximum atomic E-state index is 12.3. The summed E-state index contributed by atoms with van der Waals surface area (Å²) in [4.78, 5) is 0.675. The van der Waals surface area contributed by atoms with E-state index >= 15 is 0 Å². The van der Waals surface area contributed by atoms with Crippen molar-refractivity contribution in [3.63, 3.8) is 0 Å². The van der Waals surface area contributed by atoms with Gasteiger partial charge in [-0.1, -0.05) is 30.3 Å². The molecule has 0 amide bonds. The van der Waals surface area contributed by atoms with Gasteiger partial charge in [0.05, 0.1) is 11.5 Å². The van der Waals surface area contributed by atoms with Gasteiger partial charge in [0.2, 0.25) is 10.0 Å². The highest BCUT2D eigenvalue weighted by Gasteiger charge is 2.22. The molecule has 0 bridgehead atoms. The third-order valence-electron chi connectivity index (χ3n) is 2.71. The second-order valence-corrected chi connectivity index (χ2v) is 6.81. The zero-order valence-corrected chi connectivity index (χ0v) is 12.1. The number of hydrogen-bond donors (Lipinski definition) is 2. The van der Waals surface area contributed by atoms with Gasteiger partial charge in [-0.25, -0.2) is 13.1 Å². The number of sulfonamides is 1. The highest BCUT2D eigenvalue weighted by molar-refractivity contribution is 7.89. The molecule has 0 atom stereocenters. The third kappa shape index (κ3) is 3.22. The van der Waals surface area contributed by atoms with Gasteiger partial charge in [-0.05, 0) is 23.4 Å². The lowest BCUT2D eigenvalue weighted by molar-refractivity contribution is 0.282. The van der Waals surface area contributed by atoms with E-state index in [0.717, 1.165) is 5.56 Å². The molecule has 0 spiro atoms. The molecule has 2 aromatic rings. The quantitative estimate of drug-likeness (QED) is 0.887. The normalized spacial score (nSPS) is 11.7. The van der Waals surface area contributed by atoms with Gasteiger partial charge < -0.3 is 5.11 Å². The van der Waals surface area contributed by atoms with Gasteiger partial charge in [0.1, 0.15) is 4.90 Å². The van der Waals surface area contributed by atoms with Crippen LogP contribution in [0.5, 0.6) is 0 Å². The van der Waals surface area contributed by atoms with Crippen molar-refractivity contribution in [2.45, 2.75) is 25.0 Å². The fourth-order valence-electron chi connectivity index (χ4n) is 1.80. The van der Waals surface area contributed by atoms with Crippen LogP contribution in [0.1, 0.15) is 16.0 Å². The molecule has 0 unspecified atom stereocenters. The second kappa shape index (κ2) is 5.83. The Morgan fingerprint density at radius 3 is 2.58 bits per heavy atom. The first-order valence-electron chi connectivity index (χ1n) is 5.76. The maximum absolute atomic E-state index is 12.3. The van der Waals surface area contributed by atoms with Crippen molar-refractivity contribution >= 4 is 21.4 Å². The van der Waals surface area contributed by atoms with Crippen LogP contribution in [-0.2, 0) is 23.2 Å². The number of benzene rings is 1. The minimum absolute atomic E-state index is 0.205. The number of hydrogen-bond acceptors (Lipinski definition) is 4. The summed E-state index contributed by atoms with van der Waals surface area (Å²) in [7, 11) is -3.59. The van der Waals surface area contributed by atoms with Crippen LogP contribution in [0.15, 0.2) is 40.6 Å². The smallest absolute Gasteiger partial charge is 0.242 e. The van der Waals surface area contributed by atoms with Crippen LogP contribution in [0.4, 0.5) is 0 Å². The standard InChI is InChI=1S/C13H15NO3S2/c1-10-9-18-12(8-15)13(10)19(16,17)14-7-11-5-3-2-4-6-11/h2-6,9,14-15H,7-8H2,1H3. The molecule has 2 N–H and O–H groups in total. The van der Waals surface area contributed by atoms with Crippen molar-refractivity contribution in [3.05, 3.63) is 51.7 Å². The first kappa shape index (κ1) is 14.2. The predicted octanol–water partition coefficient (Wildman–Crippen LogP) is 2.03. The number of rotatable bonds is 5.